The molecular formula is C16H31NO2. The third-order valence-electron chi connectivity index (χ3n) is 0.886. The lowest BCUT2D eigenvalue weighted by Gasteiger charge is -2.05. The Balaban J connectivity index is -0.000000238. The lowest BCUT2D eigenvalue weighted by Crippen LogP contribution is -2.28. The van der Waals surface area contributed by atoms with Gasteiger partial charge in [0.25, 0.3) is 0 Å². The van der Waals surface area contributed by atoms with E-state index in [0.717, 1.165) is 0 Å². The van der Waals surface area contributed by atoms with Gasteiger partial charge < -0.3 is 5.32 Å². The van der Waals surface area contributed by atoms with Gasteiger partial charge in [0.05, 0.1) is 6.54 Å². The van der Waals surface area contributed by atoms with Gasteiger partial charge in [0.1, 0.15) is 5.78 Å². The standard InChI is InChI=1S/C7H11NO2.C5H12.C4H8/c1-5(2)7(10)8-4-6(3)9;1-5(2,3)4;1-4(2)3/h1,4H2,2-3H3,(H,8,10);1-4H3;1H2,2-3H3. The van der Waals surface area contributed by atoms with Crippen molar-refractivity contribution >= 4 is 11.7 Å². The Morgan fingerprint density at radius 3 is 1.37 bits per heavy atom. The summed E-state index contributed by atoms with van der Waals surface area (Å²) >= 11 is 0. The van der Waals surface area contributed by atoms with E-state index in [1.807, 2.05) is 13.8 Å². The number of nitrogens with one attached hydrogen (secondary N) is 1. The van der Waals surface area contributed by atoms with E-state index in [1.165, 1.54) is 12.5 Å². The maximum absolute atomic E-state index is 10.7. The molecule has 0 aromatic rings. The quantitative estimate of drug-likeness (QED) is 0.624. The fraction of sp³-hybridized carbons (Fsp3) is 0.625. The molecule has 0 atom stereocenters. The predicted octanol–water partition coefficient (Wildman–Crippen LogP) is 3.90. The minimum absolute atomic E-state index is 0.0606. The van der Waals surface area contributed by atoms with Gasteiger partial charge in [0.2, 0.25) is 5.91 Å². The van der Waals surface area contributed by atoms with Crippen molar-refractivity contribution in [3.05, 3.63) is 24.3 Å². The fourth-order valence-electron chi connectivity index (χ4n) is 0.356. The molecule has 0 fully saturated rings. The van der Waals surface area contributed by atoms with Crippen molar-refractivity contribution in [1.82, 2.24) is 5.32 Å². The highest BCUT2D eigenvalue weighted by Gasteiger charge is 2.00. The SMILES string of the molecule is C=C(C)C.C=C(C)C(=O)NCC(C)=O.CC(C)(C)C. The molecule has 0 heterocycles. The summed E-state index contributed by atoms with van der Waals surface area (Å²) in [5.41, 5.74) is 2.08. The van der Waals surface area contributed by atoms with Gasteiger partial charge in [-0.15, -0.1) is 6.58 Å². The number of allylic oxidation sites excluding steroid dienone is 1. The molecule has 0 aliphatic carbocycles. The second-order valence-electron chi connectivity index (χ2n) is 6.37. The number of carbonyl (C=O) groups excluding carboxylic acids is 2. The molecule has 0 aliphatic rings. The summed E-state index contributed by atoms with van der Waals surface area (Å²) in [6.07, 6.45) is 0. The van der Waals surface area contributed by atoms with Gasteiger partial charge in [-0.1, -0.05) is 39.8 Å². The van der Waals surface area contributed by atoms with Crippen LogP contribution in [0.2, 0.25) is 0 Å². The minimum atomic E-state index is -0.268. The second kappa shape index (κ2) is 11.7. The van der Waals surface area contributed by atoms with Gasteiger partial charge in [-0.25, -0.2) is 0 Å². The number of carbonyl (C=O) groups is 2. The third-order valence-corrected chi connectivity index (χ3v) is 0.886. The van der Waals surface area contributed by atoms with Crippen molar-refractivity contribution < 1.29 is 9.59 Å². The van der Waals surface area contributed by atoms with Crippen molar-refractivity contribution in [2.24, 2.45) is 5.41 Å². The molecule has 3 heteroatoms. The zero-order chi connectivity index (χ0) is 16.2. The third kappa shape index (κ3) is 61.2. The number of Topliss-reactive ketones (excluding diaryl/α,β-unsaturated/α-hetero) is 1. The molecule has 0 spiro atoms. The zero-order valence-corrected chi connectivity index (χ0v) is 13.9. The van der Waals surface area contributed by atoms with Crippen LogP contribution in [-0.2, 0) is 9.59 Å². The van der Waals surface area contributed by atoms with E-state index in [9.17, 15) is 9.59 Å². The molecule has 0 unspecified atom stereocenters. The highest BCUT2D eigenvalue weighted by molar-refractivity contribution is 5.94. The molecular weight excluding hydrogens is 238 g/mol. The molecule has 0 saturated carbocycles. The summed E-state index contributed by atoms with van der Waals surface area (Å²) in [5.74, 6) is -0.329. The molecule has 1 amide bonds. The van der Waals surface area contributed by atoms with E-state index < -0.39 is 0 Å². The van der Waals surface area contributed by atoms with Gasteiger partial charge in [-0.2, -0.15) is 0 Å². The van der Waals surface area contributed by atoms with Crippen LogP contribution in [0.5, 0.6) is 0 Å². The van der Waals surface area contributed by atoms with E-state index in [0.29, 0.717) is 11.0 Å². The van der Waals surface area contributed by atoms with Gasteiger partial charge in [0.15, 0.2) is 0 Å². The molecule has 0 rings (SSSR count). The maximum Gasteiger partial charge on any atom is 0.246 e. The van der Waals surface area contributed by atoms with Crippen LogP contribution in [0.4, 0.5) is 0 Å². The van der Waals surface area contributed by atoms with Gasteiger partial charge in [0, 0.05) is 5.57 Å². The molecule has 0 aromatic heterocycles. The molecule has 0 saturated heterocycles. The monoisotopic (exact) mass is 269 g/mol. The summed E-state index contributed by atoms with van der Waals surface area (Å²) < 4.78 is 0. The van der Waals surface area contributed by atoms with E-state index in [1.54, 1.807) is 6.92 Å². The van der Waals surface area contributed by atoms with Crippen molar-refractivity contribution in [2.45, 2.75) is 55.4 Å². The molecule has 3 nitrogen and oxygen atoms in total. The van der Waals surface area contributed by atoms with Crippen molar-refractivity contribution in [1.29, 1.82) is 0 Å². The zero-order valence-electron chi connectivity index (χ0n) is 13.9. The Bertz CT molecular complexity index is 299. The topological polar surface area (TPSA) is 46.2 Å². The van der Waals surface area contributed by atoms with Crippen molar-refractivity contribution in [3.8, 4) is 0 Å². The summed E-state index contributed by atoms with van der Waals surface area (Å²) in [6, 6.07) is 0. The number of hydrogen-bond donors (Lipinski definition) is 1. The van der Waals surface area contributed by atoms with Gasteiger partial charge >= 0.3 is 0 Å². The molecule has 0 aromatic carbocycles. The van der Waals surface area contributed by atoms with Gasteiger partial charge in [-0.05, 0) is 33.1 Å². The maximum atomic E-state index is 10.7. The van der Waals surface area contributed by atoms with Crippen LogP contribution in [0.3, 0.4) is 0 Å². The van der Waals surface area contributed by atoms with Crippen LogP contribution in [0.1, 0.15) is 55.4 Å². The van der Waals surface area contributed by atoms with Crippen molar-refractivity contribution in [2.75, 3.05) is 6.54 Å². The summed E-state index contributed by atoms with van der Waals surface area (Å²) in [5, 5.41) is 2.39. The highest BCUT2D eigenvalue weighted by atomic mass is 16.2. The van der Waals surface area contributed by atoms with Gasteiger partial charge in [-0.3, -0.25) is 9.59 Å². The number of ketones is 1. The fourth-order valence-corrected chi connectivity index (χ4v) is 0.356. The largest absolute Gasteiger partial charge is 0.345 e. The van der Waals surface area contributed by atoms with E-state index >= 15 is 0 Å². The van der Waals surface area contributed by atoms with Crippen LogP contribution in [-0.4, -0.2) is 18.2 Å². The van der Waals surface area contributed by atoms with Crippen molar-refractivity contribution in [3.63, 3.8) is 0 Å². The smallest absolute Gasteiger partial charge is 0.246 e. The lowest BCUT2D eigenvalue weighted by molar-refractivity contribution is -0.122. The number of rotatable bonds is 3. The Morgan fingerprint density at radius 2 is 1.21 bits per heavy atom. The molecule has 0 aliphatic heterocycles. The Labute approximate surface area is 119 Å². The Hall–Kier alpha value is -1.38. The molecule has 0 bridgehead atoms. The summed E-state index contributed by atoms with van der Waals surface area (Å²) in [7, 11) is 0. The average molecular weight is 269 g/mol. The first-order valence-electron chi connectivity index (χ1n) is 6.32. The Kier molecular flexibility index (Phi) is 14.0. The lowest BCUT2D eigenvalue weighted by atomic mass is 10.0. The van der Waals surface area contributed by atoms with Crippen LogP contribution in [0.25, 0.3) is 0 Å². The number of hydrogen-bond acceptors (Lipinski definition) is 2. The van der Waals surface area contributed by atoms with E-state index in [4.69, 9.17) is 0 Å². The predicted molar refractivity (Wildman–Crippen MR) is 84.1 cm³/mol. The van der Waals surface area contributed by atoms with Crippen LogP contribution in [0.15, 0.2) is 24.3 Å². The first-order valence-corrected chi connectivity index (χ1v) is 6.32. The molecule has 1 N–H and O–H groups in total. The van der Waals surface area contributed by atoms with Crippen LogP contribution < -0.4 is 5.32 Å². The van der Waals surface area contributed by atoms with E-state index in [2.05, 4.69) is 46.2 Å². The Morgan fingerprint density at radius 1 is 0.947 bits per heavy atom. The number of amides is 1. The molecule has 19 heavy (non-hydrogen) atoms. The first kappa shape index (κ1) is 22.8. The normalized spacial score (nSPS) is 9.05. The highest BCUT2D eigenvalue weighted by Crippen LogP contribution is 2.08. The van der Waals surface area contributed by atoms with Crippen LogP contribution >= 0.6 is 0 Å². The average Bonchev–Trinajstić information content (AvgIpc) is 2.09. The molecule has 112 valence electrons. The molecule has 0 radical (unpaired) electrons. The second-order valence-corrected chi connectivity index (χ2v) is 6.37. The first-order chi connectivity index (χ1) is 8.27. The summed E-state index contributed by atoms with van der Waals surface area (Å²) in [4.78, 5) is 21.0. The van der Waals surface area contributed by atoms with Crippen LogP contribution in [0, 0.1) is 5.41 Å². The summed E-state index contributed by atoms with van der Waals surface area (Å²) in [6.45, 7) is 22.8. The minimum Gasteiger partial charge on any atom is -0.345 e. The van der Waals surface area contributed by atoms with E-state index in [-0.39, 0.29) is 18.2 Å².